The maximum Gasteiger partial charge on any atom is 0.400 e. The Kier molecular flexibility index (Phi) is 6.02. The molecule has 1 aromatic carbocycles. The van der Waals surface area contributed by atoms with Crippen LogP contribution in [0.15, 0.2) is 12.1 Å². The lowest BCUT2D eigenvalue weighted by Gasteiger charge is -2.42. The van der Waals surface area contributed by atoms with E-state index >= 15 is 0 Å². The van der Waals surface area contributed by atoms with Crippen LogP contribution in [-0.2, 0) is 9.47 Å². The van der Waals surface area contributed by atoms with E-state index in [0.29, 0.717) is 50.0 Å². The molecule has 0 spiro atoms. The standard InChI is InChI=1S/C21H25F5O3/c22-17-8-16(9-18(23)19(17)24)29-21(25,26)15-6-4-13(5-7-15)20-27-10-14(11-28-20)12-2-1-3-12/h8-9,12-15,20H,1-7,10-11H2. The summed E-state index contributed by atoms with van der Waals surface area (Å²) in [4.78, 5) is 0. The quantitative estimate of drug-likeness (QED) is 0.454. The molecule has 1 aliphatic heterocycles. The van der Waals surface area contributed by atoms with Crippen molar-refractivity contribution in [1.29, 1.82) is 0 Å². The molecule has 0 N–H and O–H groups in total. The number of alkyl halides is 2. The highest BCUT2D eigenvalue weighted by Crippen LogP contribution is 2.43. The summed E-state index contributed by atoms with van der Waals surface area (Å²) >= 11 is 0. The smallest absolute Gasteiger partial charge is 0.400 e. The van der Waals surface area contributed by atoms with Gasteiger partial charge < -0.3 is 14.2 Å². The molecule has 0 amide bonds. The number of ether oxygens (including phenoxy) is 3. The molecule has 0 unspecified atom stereocenters. The van der Waals surface area contributed by atoms with Gasteiger partial charge in [-0.05, 0) is 31.6 Å². The Morgan fingerprint density at radius 1 is 0.793 bits per heavy atom. The van der Waals surface area contributed by atoms with Crippen LogP contribution in [0, 0.1) is 41.1 Å². The molecule has 8 heteroatoms. The molecule has 4 rings (SSSR count). The van der Waals surface area contributed by atoms with Crippen LogP contribution in [0.2, 0.25) is 0 Å². The van der Waals surface area contributed by atoms with Gasteiger partial charge in [-0.1, -0.05) is 19.3 Å². The summed E-state index contributed by atoms with van der Waals surface area (Å²) < 4.78 is 84.8. The summed E-state index contributed by atoms with van der Waals surface area (Å²) in [6, 6.07) is 0.861. The predicted molar refractivity (Wildman–Crippen MR) is 93.9 cm³/mol. The number of hydrogen-bond acceptors (Lipinski definition) is 3. The zero-order valence-corrected chi connectivity index (χ0v) is 16.0. The summed E-state index contributed by atoms with van der Waals surface area (Å²) in [7, 11) is 0. The monoisotopic (exact) mass is 420 g/mol. The second-order valence-corrected chi connectivity index (χ2v) is 8.46. The summed E-state index contributed by atoms with van der Waals surface area (Å²) in [5.74, 6) is -5.50. The Bertz CT molecular complexity index is 685. The van der Waals surface area contributed by atoms with Crippen LogP contribution >= 0.6 is 0 Å². The van der Waals surface area contributed by atoms with Crippen molar-refractivity contribution < 1.29 is 36.2 Å². The Labute approximate surface area is 166 Å². The lowest BCUT2D eigenvalue weighted by molar-refractivity contribution is -0.252. The summed E-state index contributed by atoms with van der Waals surface area (Å²) in [6.45, 7) is 1.33. The summed E-state index contributed by atoms with van der Waals surface area (Å²) in [6.07, 6.45) is 1.10. The molecule has 0 atom stereocenters. The molecular weight excluding hydrogens is 395 g/mol. The fraction of sp³-hybridized carbons (Fsp3) is 0.714. The molecule has 0 bridgehead atoms. The van der Waals surface area contributed by atoms with Gasteiger partial charge in [0.1, 0.15) is 5.75 Å². The third-order valence-electron chi connectivity index (χ3n) is 6.61. The lowest BCUT2D eigenvalue weighted by Crippen LogP contribution is -2.44. The first-order valence-electron chi connectivity index (χ1n) is 10.3. The minimum Gasteiger partial charge on any atom is -0.432 e. The largest absolute Gasteiger partial charge is 0.432 e. The Balaban J connectivity index is 1.28. The first kappa shape index (κ1) is 20.8. The highest BCUT2D eigenvalue weighted by molar-refractivity contribution is 5.25. The zero-order valence-electron chi connectivity index (χ0n) is 16.0. The summed E-state index contributed by atoms with van der Waals surface area (Å²) in [5, 5.41) is 0. The molecule has 3 fully saturated rings. The Morgan fingerprint density at radius 3 is 1.90 bits per heavy atom. The van der Waals surface area contributed by atoms with Gasteiger partial charge in [-0.25, -0.2) is 13.2 Å². The third kappa shape index (κ3) is 4.53. The van der Waals surface area contributed by atoms with Crippen molar-refractivity contribution in [3.8, 4) is 5.75 Å². The number of hydrogen-bond donors (Lipinski definition) is 0. The van der Waals surface area contributed by atoms with E-state index in [2.05, 4.69) is 4.74 Å². The number of halogens is 5. The first-order valence-corrected chi connectivity index (χ1v) is 10.3. The van der Waals surface area contributed by atoms with Gasteiger partial charge in [-0.15, -0.1) is 0 Å². The molecule has 2 aliphatic carbocycles. The Hall–Kier alpha value is -1.41. The maximum absolute atomic E-state index is 14.5. The second-order valence-electron chi connectivity index (χ2n) is 8.46. The van der Waals surface area contributed by atoms with Crippen molar-refractivity contribution in [1.82, 2.24) is 0 Å². The van der Waals surface area contributed by atoms with Crippen molar-refractivity contribution in [2.45, 2.75) is 57.3 Å². The van der Waals surface area contributed by atoms with E-state index in [4.69, 9.17) is 9.47 Å². The SMILES string of the molecule is Fc1cc(OC(F)(F)C2CCC(C3OCC(C4CCC4)CO3)CC2)cc(F)c1F. The van der Waals surface area contributed by atoms with Crippen molar-refractivity contribution in [3.63, 3.8) is 0 Å². The Morgan fingerprint density at radius 2 is 1.38 bits per heavy atom. The molecule has 29 heavy (non-hydrogen) atoms. The fourth-order valence-electron chi connectivity index (χ4n) is 4.55. The predicted octanol–water partition coefficient (Wildman–Crippen LogP) is 5.67. The zero-order chi connectivity index (χ0) is 20.6. The van der Waals surface area contributed by atoms with E-state index in [1.54, 1.807) is 0 Å². The van der Waals surface area contributed by atoms with E-state index < -0.39 is 35.2 Å². The highest BCUT2D eigenvalue weighted by Gasteiger charge is 2.46. The normalized spacial score (nSPS) is 31.3. The van der Waals surface area contributed by atoms with Gasteiger partial charge in [-0.2, -0.15) is 8.78 Å². The van der Waals surface area contributed by atoms with E-state index in [1.807, 2.05) is 0 Å². The van der Waals surface area contributed by atoms with E-state index in [9.17, 15) is 22.0 Å². The minimum atomic E-state index is -3.61. The molecule has 1 heterocycles. The van der Waals surface area contributed by atoms with E-state index in [1.165, 1.54) is 19.3 Å². The van der Waals surface area contributed by atoms with Crippen LogP contribution in [0.5, 0.6) is 5.75 Å². The van der Waals surface area contributed by atoms with Gasteiger partial charge in [0.25, 0.3) is 0 Å². The molecule has 2 saturated carbocycles. The molecule has 0 radical (unpaired) electrons. The second kappa shape index (κ2) is 8.38. The molecular formula is C21H25F5O3. The molecule has 3 aliphatic rings. The van der Waals surface area contributed by atoms with Crippen molar-refractivity contribution >= 4 is 0 Å². The van der Waals surface area contributed by atoms with Crippen LogP contribution in [0.4, 0.5) is 22.0 Å². The number of benzene rings is 1. The highest BCUT2D eigenvalue weighted by atomic mass is 19.3. The fourth-order valence-corrected chi connectivity index (χ4v) is 4.55. The minimum absolute atomic E-state index is 0.0464. The van der Waals surface area contributed by atoms with Gasteiger partial charge in [-0.3, -0.25) is 0 Å². The number of rotatable bonds is 5. The van der Waals surface area contributed by atoms with Crippen LogP contribution < -0.4 is 4.74 Å². The van der Waals surface area contributed by atoms with Gasteiger partial charge in [0.05, 0.1) is 19.1 Å². The third-order valence-corrected chi connectivity index (χ3v) is 6.61. The average Bonchev–Trinajstić information content (AvgIpc) is 2.65. The van der Waals surface area contributed by atoms with Crippen molar-refractivity contribution in [2.75, 3.05) is 13.2 Å². The molecule has 1 aromatic rings. The molecule has 162 valence electrons. The first-order chi connectivity index (χ1) is 13.8. The molecule has 3 nitrogen and oxygen atoms in total. The van der Waals surface area contributed by atoms with Gasteiger partial charge in [0.15, 0.2) is 23.7 Å². The van der Waals surface area contributed by atoms with Gasteiger partial charge >= 0.3 is 6.11 Å². The van der Waals surface area contributed by atoms with Crippen LogP contribution in [0.25, 0.3) is 0 Å². The summed E-state index contributed by atoms with van der Waals surface area (Å²) in [5.41, 5.74) is 0. The van der Waals surface area contributed by atoms with Crippen molar-refractivity contribution in [2.24, 2.45) is 23.7 Å². The lowest BCUT2D eigenvalue weighted by atomic mass is 9.76. The average molecular weight is 420 g/mol. The van der Waals surface area contributed by atoms with Crippen LogP contribution in [0.3, 0.4) is 0 Å². The van der Waals surface area contributed by atoms with Crippen LogP contribution in [0.1, 0.15) is 44.9 Å². The van der Waals surface area contributed by atoms with Crippen LogP contribution in [-0.4, -0.2) is 25.6 Å². The van der Waals surface area contributed by atoms with Gasteiger partial charge in [0.2, 0.25) is 0 Å². The van der Waals surface area contributed by atoms with Crippen molar-refractivity contribution in [3.05, 3.63) is 29.6 Å². The van der Waals surface area contributed by atoms with E-state index in [0.717, 1.165) is 0 Å². The molecule has 1 saturated heterocycles. The maximum atomic E-state index is 14.5. The topological polar surface area (TPSA) is 27.7 Å². The van der Waals surface area contributed by atoms with E-state index in [-0.39, 0.29) is 25.0 Å². The van der Waals surface area contributed by atoms with Gasteiger partial charge in [0, 0.05) is 24.0 Å². The molecule has 0 aromatic heterocycles.